The number of ketones is 1. The molecule has 2 aromatic carbocycles. The van der Waals surface area contributed by atoms with Gasteiger partial charge in [0.2, 0.25) is 0 Å². The molecule has 2 aliphatic heterocycles. The first-order valence-electron chi connectivity index (χ1n) is 12.6. The molecule has 0 aliphatic carbocycles. The highest BCUT2D eigenvalue weighted by Crippen LogP contribution is 2.27. The molecule has 0 spiro atoms. The SMILES string of the molecule is CSc1ccc(N2CCC(CC(=O)CCCN3CCN(c4ccc(C)cc4)CC3)CC2)cc1. The molecule has 2 aliphatic rings. The van der Waals surface area contributed by atoms with E-state index in [9.17, 15) is 4.79 Å². The largest absolute Gasteiger partial charge is 0.372 e. The number of piperazine rings is 1. The van der Waals surface area contributed by atoms with Gasteiger partial charge in [0.25, 0.3) is 0 Å². The van der Waals surface area contributed by atoms with Crippen molar-refractivity contribution >= 4 is 28.9 Å². The van der Waals surface area contributed by atoms with Crippen LogP contribution in [0.15, 0.2) is 53.4 Å². The lowest BCUT2D eigenvalue weighted by Gasteiger charge is -2.36. The van der Waals surface area contributed by atoms with Crippen LogP contribution in [0.4, 0.5) is 11.4 Å². The fraction of sp³-hybridized carbons (Fsp3) is 0.536. The maximum absolute atomic E-state index is 12.6. The zero-order valence-corrected chi connectivity index (χ0v) is 21.2. The van der Waals surface area contributed by atoms with Crippen LogP contribution in [-0.4, -0.2) is 62.8 Å². The van der Waals surface area contributed by atoms with Gasteiger partial charge in [0, 0.05) is 68.4 Å². The lowest BCUT2D eigenvalue weighted by molar-refractivity contribution is -0.120. The Morgan fingerprint density at radius 1 is 0.848 bits per heavy atom. The molecule has 4 nitrogen and oxygen atoms in total. The van der Waals surface area contributed by atoms with E-state index >= 15 is 0 Å². The molecule has 0 saturated carbocycles. The van der Waals surface area contributed by atoms with Crippen molar-refractivity contribution in [1.29, 1.82) is 0 Å². The molecular formula is C28H39N3OS. The summed E-state index contributed by atoms with van der Waals surface area (Å²) in [5.41, 5.74) is 3.96. The van der Waals surface area contributed by atoms with Gasteiger partial charge in [-0.1, -0.05) is 17.7 Å². The molecule has 0 aromatic heterocycles. The Morgan fingerprint density at radius 3 is 2.03 bits per heavy atom. The van der Waals surface area contributed by atoms with E-state index in [1.807, 2.05) is 0 Å². The molecule has 4 rings (SSSR count). The third-order valence-corrected chi connectivity index (χ3v) is 8.01. The first kappa shape index (κ1) is 24.2. The van der Waals surface area contributed by atoms with E-state index in [1.54, 1.807) is 11.8 Å². The highest BCUT2D eigenvalue weighted by molar-refractivity contribution is 7.98. The number of rotatable bonds is 9. The molecule has 0 radical (unpaired) electrons. The van der Waals surface area contributed by atoms with Gasteiger partial charge in [0.05, 0.1) is 0 Å². The second-order valence-electron chi connectivity index (χ2n) is 9.64. The zero-order valence-electron chi connectivity index (χ0n) is 20.3. The minimum absolute atomic E-state index is 0.469. The van der Waals surface area contributed by atoms with Crippen molar-refractivity contribution in [3.8, 4) is 0 Å². The second-order valence-corrected chi connectivity index (χ2v) is 10.5. The maximum atomic E-state index is 12.6. The molecule has 2 heterocycles. The number of carbonyl (C=O) groups is 1. The van der Waals surface area contributed by atoms with Gasteiger partial charge >= 0.3 is 0 Å². The molecule has 0 atom stereocenters. The average molecular weight is 466 g/mol. The summed E-state index contributed by atoms with van der Waals surface area (Å²) >= 11 is 1.79. The topological polar surface area (TPSA) is 26.8 Å². The number of carbonyl (C=O) groups excluding carboxylic acids is 1. The van der Waals surface area contributed by atoms with Gasteiger partial charge in [0.1, 0.15) is 5.78 Å². The highest BCUT2D eigenvalue weighted by Gasteiger charge is 2.22. The molecule has 0 unspecified atom stereocenters. The van der Waals surface area contributed by atoms with Gasteiger partial charge in [-0.3, -0.25) is 9.69 Å². The predicted molar refractivity (Wildman–Crippen MR) is 142 cm³/mol. The molecule has 0 N–H and O–H groups in total. The first-order chi connectivity index (χ1) is 16.1. The van der Waals surface area contributed by atoms with Crippen LogP contribution in [0.25, 0.3) is 0 Å². The van der Waals surface area contributed by atoms with Crippen LogP contribution in [0.5, 0.6) is 0 Å². The zero-order chi connectivity index (χ0) is 23.0. The summed E-state index contributed by atoms with van der Waals surface area (Å²) in [6, 6.07) is 17.7. The van der Waals surface area contributed by atoms with E-state index in [4.69, 9.17) is 0 Å². The molecule has 33 heavy (non-hydrogen) atoms. The Hall–Kier alpha value is -1.98. The van der Waals surface area contributed by atoms with E-state index in [0.29, 0.717) is 11.7 Å². The van der Waals surface area contributed by atoms with Gasteiger partial charge in [-0.2, -0.15) is 0 Å². The van der Waals surface area contributed by atoms with Crippen LogP contribution < -0.4 is 9.80 Å². The van der Waals surface area contributed by atoms with Crippen molar-refractivity contribution in [2.24, 2.45) is 5.92 Å². The Bertz CT molecular complexity index is 867. The minimum Gasteiger partial charge on any atom is -0.372 e. The number of aryl methyl sites for hydroxylation is 1. The van der Waals surface area contributed by atoms with Gasteiger partial charge in [-0.15, -0.1) is 11.8 Å². The third kappa shape index (κ3) is 7.00. The number of Topliss-reactive ketones (excluding diaryl/α,β-unsaturated/α-hetero) is 1. The van der Waals surface area contributed by atoms with Crippen molar-refractivity contribution in [3.63, 3.8) is 0 Å². The van der Waals surface area contributed by atoms with Gasteiger partial charge in [-0.05, 0) is 81.3 Å². The summed E-state index contributed by atoms with van der Waals surface area (Å²) in [6.07, 6.45) is 6.91. The van der Waals surface area contributed by atoms with Crippen molar-refractivity contribution in [3.05, 3.63) is 54.1 Å². The molecule has 178 valence electrons. The minimum atomic E-state index is 0.469. The lowest BCUT2D eigenvalue weighted by Crippen LogP contribution is -2.46. The Kier molecular flexibility index (Phi) is 8.74. The predicted octanol–water partition coefficient (Wildman–Crippen LogP) is 5.49. The van der Waals surface area contributed by atoms with Crippen molar-refractivity contribution < 1.29 is 4.79 Å². The number of anilines is 2. The smallest absolute Gasteiger partial charge is 0.133 e. The summed E-state index contributed by atoms with van der Waals surface area (Å²) in [5, 5.41) is 0. The van der Waals surface area contributed by atoms with Crippen LogP contribution in [-0.2, 0) is 4.79 Å². The van der Waals surface area contributed by atoms with E-state index in [1.165, 1.54) is 21.8 Å². The summed E-state index contributed by atoms with van der Waals surface area (Å²) < 4.78 is 0. The normalized spacial score (nSPS) is 18.0. The molecule has 0 amide bonds. The number of thioether (sulfide) groups is 1. The number of nitrogens with zero attached hydrogens (tertiary/aromatic N) is 3. The Labute approximate surface area is 204 Å². The van der Waals surface area contributed by atoms with Gasteiger partial charge in [-0.25, -0.2) is 0 Å². The number of hydrogen-bond donors (Lipinski definition) is 0. The van der Waals surface area contributed by atoms with Crippen LogP contribution in [0.3, 0.4) is 0 Å². The molecular weight excluding hydrogens is 426 g/mol. The van der Waals surface area contributed by atoms with Crippen LogP contribution in [0.2, 0.25) is 0 Å². The molecule has 0 bridgehead atoms. The van der Waals surface area contributed by atoms with Crippen LogP contribution in [0, 0.1) is 12.8 Å². The average Bonchev–Trinajstić information content (AvgIpc) is 2.85. The molecule has 2 aromatic rings. The van der Waals surface area contributed by atoms with Gasteiger partial charge < -0.3 is 9.80 Å². The van der Waals surface area contributed by atoms with E-state index in [0.717, 1.165) is 77.9 Å². The summed E-state index contributed by atoms with van der Waals surface area (Å²) in [6.45, 7) is 9.68. The first-order valence-corrected chi connectivity index (χ1v) is 13.8. The lowest BCUT2D eigenvalue weighted by atomic mass is 9.90. The van der Waals surface area contributed by atoms with Crippen LogP contribution in [0.1, 0.15) is 37.7 Å². The summed E-state index contributed by atoms with van der Waals surface area (Å²) in [5.74, 6) is 1.04. The van der Waals surface area contributed by atoms with E-state index in [2.05, 4.69) is 76.4 Å². The Balaban J connectivity index is 1.10. The fourth-order valence-corrected chi connectivity index (χ4v) is 5.51. The third-order valence-electron chi connectivity index (χ3n) is 7.27. The quantitative estimate of drug-likeness (QED) is 0.456. The summed E-state index contributed by atoms with van der Waals surface area (Å²) in [7, 11) is 0. The molecule has 2 saturated heterocycles. The maximum Gasteiger partial charge on any atom is 0.133 e. The van der Waals surface area contributed by atoms with Gasteiger partial charge in [0.15, 0.2) is 0 Å². The van der Waals surface area contributed by atoms with E-state index < -0.39 is 0 Å². The van der Waals surface area contributed by atoms with Crippen molar-refractivity contribution in [2.75, 3.05) is 61.9 Å². The van der Waals surface area contributed by atoms with Crippen LogP contribution >= 0.6 is 11.8 Å². The molecule has 5 heteroatoms. The summed E-state index contributed by atoms with van der Waals surface area (Å²) in [4.78, 5) is 21.4. The molecule has 2 fully saturated rings. The highest BCUT2D eigenvalue weighted by atomic mass is 32.2. The standard InChI is InChI=1S/C28H39N3OS/c1-23-5-7-25(8-6-23)31-20-18-29(19-21-31)15-3-4-27(32)22-24-13-16-30(17-14-24)26-9-11-28(33-2)12-10-26/h5-12,24H,3-4,13-22H2,1-2H3. The van der Waals surface area contributed by atoms with E-state index in [-0.39, 0.29) is 0 Å². The Morgan fingerprint density at radius 2 is 1.42 bits per heavy atom. The monoisotopic (exact) mass is 465 g/mol. The number of piperidine rings is 1. The fourth-order valence-electron chi connectivity index (χ4n) is 5.10. The van der Waals surface area contributed by atoms with Crippen molar-refractivity contribution in [2.45, 2.75) is 43.9 Å². The number of benzene rings is 2. The second kappa shape index (κ2) is 11.9. The number of hydrogen-bond acceptors (Lipinski definition) is 5. The van der Waals surface area contributed by atoms with Crippen molar-refractivity contribution in [1.82, 2.24) is 4.90 Å².